The van der Waals surface area contributed by atoms with Crippen molar-refractivity contribution < 1.29 is 24.2 Å². The molecule has 3 atom stereocenters. The van der Waals surface area contributed by atoms with Crippen LogP contribution in [0.3, 0.4) is 0 Å². The number of allylic oxidation sites excluding steroid dienone is 2. The third kappa shape index (κ3) is 4.90. The van der Waals surface area contributed by atoms with Crippen molar-refractivity contribution in [1.29, 1.82) is 0 Å². The number of carboxylic acid groups (broad SMARTS) is 1. The summed E-state index contributed by atoms with van der Waals surface area (Å²) in [5.74, 6) is -3.82. The molecule has 1 saturated heterocycles. The number of ketones is 1. The molecule has 222 valence electrons. The minimum Gasteiger partial charge on any atom is -0.664 e. The van der Waals surface area contributed by atoms with E-state index in [0.29, 0.717) is 45.2 Å². The molecule has 0 amide bonds. The molecule has 6 rings (SSSR count). The van der Waals surface area contributed by atoms with Gasteiger partial charge in [0.2, 0.25) is 0 Å². The molecule has 1 aliphatic carbocycles. The quantitative estimate of drug-likeness (QED) is 0.259. The summed E-state index contributed by atoms with van der Waals surface area (Å²) in [6.07, 6.45) is 8.43. The molecule has 10 heteroatoms. The van der Waals surface area contributed by atoms with Crippen molar-refractivity contribution in [3.05, 3.63) is 90.6 Å². The molecule has 1 N–H and O–H groups in total. The fourth-order valence-corrected chi connectivity index (χ4v) is 6.58. The zero-order chi connectivity index (χ0) is 30.7. The van der Waals surface area contributed by atoms with E-state index < -0.39 is 17.9 Å². The molecule has 0 unspecified atom stereocenters. The van der Waals surface area contributed by atoms with Gasteiger partial charge in [-0.25, -0.2) is 0 Å². The van der Waals surface area contributed by atoms with E-state index in [1.54, 1.807) is 6.08 Å². The Kier molecular flexibility index (Phi) is 8.43. The predicted molar refractivity (Wildman–Crippen MR) is 168 cm³/mol. The van der Waals surface area contributed by atoms with Gasteiger partial charge in [0.15, 0.2) is 5.78 Å². The standard InChI is InChI=1S/C34H34N4O5.Mg/c1-7-18-11-19-12-26-20(8-2)15(3)22(36-26)13-23-16(4)21(9-10-27(39)40)31(37-23)29-30(34(42)43-6)33(41)28-17(5)24(38-32(28)29)14-25(18)35-19;/h8,11-14,16,21,30H,2,7,9-10H2,1,3-6H3,(H3,37,38,39,40,41);/q-2;+2/p-2/b19-12-,23-13-,25-14-;/t16-,21-,30+;/m0./s1. The van der Waals surface area contributed by atoms with Crippen LogP contribution >= 0.6 is 0 Å². The molecular formula is C34H32MgN4O5-2. The Bertz CT molecular complexity index is 1920. The monoisotopic (exact) mass is 600 g/mol. The van der Waals surface area contributed by atoms with Crippen molar-refractivity contribution in [3.8, 4) is 0 Å². The van der Waals surface area contributed by atoms with Gasteiger partial charge in [0.05, 0.1) is 7.11 Å². The maximum Gasteiger partial charge on any atom is 2.00 e. The number of Topliss-reactive ketones (excluding diaryl/α,β-unsaturated/α-hetero) is 1. The van der Waals surface area contributed by atoms with Crippen LogP contribution in [0.2, 0.25) is 0 Å². The van der Waals surface area contributed by atoms with Gasteiger partial charge < -0.3 is 30.1 Å². The molecule has 2 aliphatic heterocycles. The number of hydrogen-bond acceptors (Lipinski definition) is 4. The summed E-state index contributed by atoms with van der Waals surface area (Å²) < 4.78 is 5.10. The largest absolute Gasteiger partial charge is 2.00 e. The number of aromatic nitrogens is 3. The Morgan fingerprint density at radius 3 is 2.45 bits per heavy atom. The van der Waals surface area contributed by atoms with E-state index in [1.807, 2.05) is 45.1 Å². The summed E-state index contributed by atoms with van der Waals surface area (Å²) >= 11 is 0. The SMILES string of the molecule is C=Cc1c2[n-]c(c1C)/C=C1\[N-]/C(=C3\c4[n-]c(c(C)c4C(=O)[C@@H]3C(=O)OC)/C=c3\[n-]/c(cc3CC)=C\2)[C@@H](CCC(=O)O)[C@@H]1C.[Mg+2]. The van der Waals surface area contributed by atoms with Crippen LogP contribution in [-0.2, 0) is 20.7 Å². The smallest absolute Gasteiger partial charge is 0.664 e. The van der Waals surface area contributed by atoms with Crippen molar-refractivity contribution in [3.63, 3.8) is 0 Å². The van der Waals surface area contributed by atoms with Gasteiger partial charge >= 0.3 is 35.0 Å². The van der Waals surface area contributed by atoms with Crippen LogP contribution in [0.1, 0.15) is 82.1 Å². The first-order valence-corrected chi connectivity index (χ1v) is 14.4. The van der Waals surface area contributed by atoms with Crippen LogP contribution in [-0.4, -0.2) is 53.0 Å². The summed E-state index contributed by atoms with van der Waals surface area (Å²) in [6, 6.07) is 2.03. The molecular weight excluding hydrogens is 569 g/mol. The number of aryl methyl sites for hydroxylation is 1. The average molecular weight is 601 g/mol. The van der Waals surface area contributed by atoms with Gasteiger partial charge in [0.25, 0.3) is 0 Å². The van der Waals surface area contributed by atoms with Crippen LogP contribution in [0, 0.1) is 31.6 Å². The Balaban J connectivity index is 0.00000384. The third-order valence-electron chi connectivity index (χ3n) is 8.97. The maximum atomic E-state index is 13.9. The summed E-state index contributed by atoms with van der Waals surface area (Å²) in [7, 11) is 1.25. The van der Waals surface area contributed by atoms with Gasteiger partial charge in [0, 0.05) is 12.0 Å². The Labute approximate surface area is 271 Å². The number of ether oxygens (including phenoxy) is 1. The molecule has 0 spiro atoms. The first-order chi connectivity index (χ1) is 20.6. The fourth-order valence-electron chi connectivity index (χ4n) is 6.58. The van der Waals surface area contributed by atoms with Crippen molar-refractivity contribution >= 4 is 70.7 Å². The van der Waals surface area contributed by atoms with Gasteiger partial charge in [-0.3, -0.25) is 14.4 Å². The predicted octanol–water partition coefficient (Wildman–Crippen LogP) is 3.21. The van der Waals surface area contributed by atoms with Gasteiger partial charge in [-0.2, -0.15) is 11.4 Å². The van der Waals surface area contributed by atoms with E-state index in [4.69, 9.17) is 25.0 Å². The van der Waals surface area contributed by atoms with Gasteiger partial charge in [-0.1, -0.05) is 73.1 Å². The molecule has 0 aromatic carbocycles. The van der Waals surface area contributed by atoms with Crippen LogP contribution in [0.4, 0.5) is 0 Å². The molecule has 5 heterocycles. The van der Waals surface area contributed by atoms with Crippen LogP contribution in [0.15, 0.2) is 24.0 Å². The fraction of sp³-hybridized carbons (Fsp3) is 0.324. The third-order valence-corrected chi connectivity index (χ3v) is 8.97. The zero-order valence-corrected chi connectivity index (χ0v) is 26.9. The molecule has 3 aliphatic rings. The Hall–Kier alpha value is -4.02. The minimum absolute atomic E-state index is 0. The van der Waals surface area contributed by atoms with Crippen LogP contribution < -0.4 is 25.7 Å². The number of fused-ring (bicyclic) bond motifs is 7. The average Bonchev–Trinajstić information content (AvgIpc) is 3.73. The molecule has 0 saturated carbocycles. The van der Waals surface area contributed by atoms with Crippen molar-refractivity contribution in [1.82, 2.24) is 15.0 Å². The van der Waals surface area contributed by atoms with E-state index in [1.165, 1.54) is 7.11 Å². The first kappa shape index (κ1) is 31.4. The van der Waals surface area contributed by atoms with E-state index in [-0.39, 0.29) is 53.5 Å². The van der Waals surface area contributed by atoms with Crippen LogP contribution in [0.25, 0.3) is 35.2 Å². The van der Waals surface area contributed by atoms with E-state index in [2.05, 4.69) is 13.5 Å². The number of methoxy groups -OCH3 is 1. The molecule has 44 heavy (non-hydrogen) atoms. The second-order valence-electron chi connectivity index (χ2n) is 11.3. The van der Waals surface area contributed by atoms with Gasteiger partial charge in [-0.15, -0.1) is 33.5 Å². The maximum absolute atomic E-state index is 13.9. The second-order valence-corrected chi connectivity index (χ2v) is 11.3. The van der Waals surface area contributed by atoms with Crippen molar-refractivity contribution in [2.45, 2.75) is 47.0 Å². The number of rotatable bonds is 6. The number of carbonyl (C=O) groups excluding carboxylic acids is 2. The summed E-state index contributed by atoms with van der Waals surface area (Å²) in [5.41, 5.74) is 7.91. The van der Waals surface area contributed by atoms with Gasteiger partial charge in [-0.05, 0) is 44.1 Å². The summed E-state index contributed by atoms with van der Waals surface area (Å²) in [6.45, 7) is 11.9. The first-order valence-electron chi connectivity index (χ1n) is 14.4. The van der Waals surface area contributed by atoms with Gasteiger partial charge in [0.1, 0.15) is 5.92 Å². The van der Waals surface area contributed by atoms with Crippen molar-refractivity contribution in [2.24, 2.45) is 17.8 Å². The Morgan fingerprint density at radius 2 is 1.80 bits per heavy atom. The van der Waals surface area contributed by atoms with E-state index in [9.17, 15) is 19.5 Å². The summed E-state index contributed by atoms with van der Waals surface area (Å²) in [5, 5.41) is 16.1. The van der Waals surface area contributed by atoms with Crippen molar-refractivity contribution in [2.75, 3.05) is 7.11 Å². The van der Waals surface area contributed by atoms with E-state index in [0.717, 1.165) is 39.5 Å². The number of nitrogens with zero attached hydrogens (tertiary/aromatic N) is 4. The number of esters is 1. The molecule has 9 nitrogen and oxygen atoms in total. The minimum atomic E-state index is -1.23. The molecule has 3 aromatic rings. The molecule has 0 radical (unpaired) electrons. The zero-order valence-electron chi connectivity index (χ0n) is 25.5. The number of carbonyl (C=O) groups is 3. The normalized spacial score (nSPS) is 24.2. The van der Waals surface area contributed by atoms with Crippen LogP contribution in [0.5, 0.6) is 0 Å². The Morgan fingerprint density at radius 1 is 1.07 bits per heavy atom. The number of carboxylic acids is 1. The summed E-state index contributed by atoms with van der Waals surface area (Å²) in [4.78, 5) is 53.5. The molecule has 3 aromatic heterocycles. The number of hydrogen-bond donors (Lipinski definition) is 1. The molecule has 8 bridgehead atoms. The topological polar surface area (TPSA) is 137 Å². The number of aliphatic carboxylic acids is 1. The second kappa shape index (κ2) is 11.8. The van der Waals surface area contributed by atoms with E-state index >= 15 is 0 Å². The molecule has 1 fully saturated rings.